The number of amides is 2. The van der Waals surface area contributed by atoms with Gasteiger partial charge in [-0.05, 0) is 44.9 Å². The van der Waals surface area contributed by atoms with Gasteiger partial charge in [-0.25, -0.2) is 0 Å². The average molecular weight is 330 g/mol. The minimum absolute atomic E-state index is 0.259. The topological polar surface area (TPSA) is 80.6 Å². The van der Waals surface area contributed by atoms with Crippen molar-refractivity contribution >= 4 is 11.8 Å². The summed E-state index contributed by atoms with van der Waals surface area (Å²) in [6.07, 6.45) is 0.815. The van der Waals surface area contributed by atoms with Crippen LogP contribution < -0.4 is 15.6 Å². The van der Waals surface area contributed by atoms with Gasteiger partial charge in [-0.1, -0.05) is 18.2 Å². The summed E-state index contributed by atoms with van der Waals surface area (Å²) in [5, 5.41) is 0. The highest BCUT2D eigenvalue weighted by Crippen LogP contribution is 2.16. The number of benzene rings is 1. The molecule has 1 aromatic carbocycles. The molecule has 2 aromatic rings. The van der Waals surface area contributed by atoms with Crippen LogP contribution in [0.15, 0.2) is 34.7 Å². The smallest absolute Gasteiger partial charge is 0.273 e. The van der Waals surface area contributed by atoms with Gasteiger partial charge in [0.1, 0.15) is 17.3 Å². The summed E-state index contributed by atoms with van der Waals surface area (Å²) in [6.45, 7) is 5.87. The molecule has 0 aliphatic rings. The zero-order chi connectivity index (χ0) is 17.5. The third-order valence-corrected chi connectivity index (χ3v) is 3.50. The van der Waals surface area contributed by atoms with Gasteiger partial charge in [-0.15, -0.1) is 0 Å². The summed E-state index contributed by atoms with van der Waals surface area (Å²) < 4.78 is 10.9. The average Bonchev–Trinajstić information content (AvgIpc) is 2.89. The van der Waals surface area contributed by atoms with Crippen molar-refractivity contribution < 1.29 is 18.7 Å². The molecule has 128 valence electrons. The van der Waals surface area contributed by atoms with E-state index in [-0.39, 0.29) is 12.3 Å². The number of hydrogen-bond acceptors (Lipinski definition) is 4. The first-order valence-electron chi connectivity index (χ1n) is 7.82. The Morgan fingerprint density at radius 3 is 2.54 bits per heavy atom. The first-order valence-corrected chi connectivity index (χ1v) is 7.82. The zero-order valence-electron chi connectivity index (χ0n) is 14.1. The predicted molar refractivity (Wildman–Crippen MR) is 89.7 cm³/mol. The van der Waals surface area contributed by atoms with Gasteiger partial charge in [0.25, 0.3) is 5.91 Å². The van der Waals surface area contributed by atoms with Crippen LogP contribution in [0, 0.1) is 20.8 Å². The second kappa shape index (κ2) is 8.19. The molecule has 0 radical (unpaired) electrons. The summed E-state index contributed by atoms with van der Waals surface area (Å²) in [5.74, 6) is 1.32. The fourth-order valence-corrected chi connectivity index (χ4v) is 2.25. The summed E-state index contributed by atoms with van der Waals surface area (Å²) in [4.78, 5) is 23.7. The van der Waals surface area contributed by atoms with E-state index in [1.807, 2.05) is 31.2 Å². The third kappa shape index (κ3) is 4.87. The Morgan fingerprint density at radius 2 is 1.88 bits per heavy atom. The molecule has 0 spiro atoms. The summed E-state index contributed by atoms with van der Waals surface area (Å²) in [6, 6.07) is 9.35. The maximum Gasteiger partial charge on any atom is 0.273 e. The molecular weight excluding hydrogens is 308 g/mol. The highest BCUT2D eigenvalue weighted by molar-refractivity contribution is 5.96. The molecule has 6 nitrogen and oxygen atoms in total. The van der Waals surface area contributed by atoms with Crippen molar-refractivity contribution in [1.29, 1.82) is 0 Å². The minimum atomic E-state index is -0.395. The number of aryl methyl sites for hydroxylation is 3. The van der Waals surface area contributed by atoms with E-state index in [1.165, 1.54) is 0 Å². The van der Waals surface area contributed by atoms with Gasteiger partial charge in [0.2, 0.25) is 5.91 Å². The lowest BCUT2D eigenvalue weighted by Crippen LogP contribution is -2.41. The molecule has 2 N–H and O–H groups in total. The summed E-state index contributed by atoms with van der Waals surface area (Å²) in [7, 11) is 0. The van der Waals surface area contributed by atoms with E-state index in [2.05, 4.69) is 10.9 Å². The van der Waals surface area contributed by atoms with Crippen molar-refractivity contribution in [1.82, 2.24) is 10.9 Å². The number of ether oxygens (including phenoxy) is 1. The van der Waals surface area contributed by atoms with Crippen molar-refractivity contribution in [2.45, 2.75) is 33.6 Å². The standard InChI is InChI=1S/C18H22N2O4/c1-12-7-4-5-8-16(12)23-10-6-9-17(21)19-20-18(22)15-11-13(2)24-14(15)3/h4-5,7-8,11H,6,9-10H2,1-3H3,(H,19,21)(H,20,22). The van der Waals surface area contributed by atoms with Gasteiger partial charge in [0.15, 0.2) is 0 Å². The van der Waals surface area contributed by atoms with Crippen LogP contribution >= 0.6 is 0 Å². The monoisotopic (exact) mass is 330 g/mol. The molecule has 24 heavy (non-hydrogen) atoms. The molecule has 1 heterocycles. The Morgan fingerprint density at radius 1 is 1.12 bits per heavy atom. The van der Waals surface area contributed by atoms with Crippen molar-refractivity contribution in [3.8, 4) is 5.75 Å². The summed E-state index contributed by atoms with van der Waals surface area (Å²) >= 11 is 0. The van der Waals surface area contributed by atoms with Gasteiger partial charge in [-0.3, -0.25) is 20.4 Å². The SMILES string of the molecule is Cc1cc(C(=O)NNC(=O)CCCOc2ccccc2C)c(C)o1. The maximum atomic E-state index is 11.9. The number of rotatable bonds is 6. The minimum Gasteiger partial charge on any atom is -0.493 e. The molecule has 0 unspecified atom stereocenters. The highest BCUT2D eigenvalue weighted by atomic mass is 16.5. The molecule has 0 atom stereocenters. The van der Waals surface area contributed by atoms with Crippen LogP contribution in [0.2, 0.25) is 0 Å². The van der Waals surface area contributed by atoms with Crippen LogP contribution in [0.4, 0.5) is 0 Å². The molecule has 0 fully saturated rings. The zero-order valence-corrected chi connectivity index (χ0v) is 14.1. The summed E-state index contributed by atoms with van der Waals surface area (Å²) in [5.41, 5.74) is 6.24. The van der Waals surface area contributed by atoms with Crippen LogP contribution in [0.1, 0.15) is 40.3 Å². The number of furan rings is 1. The fraction of sp³-hybridized carbons (Fsp3) is 0.333. The Balaban J connectivity index is 1.67. The molecule has 0 bridgehead atoms. The van der Waals surface area contributed by atoms with Crippen LogP contribution in [-0.4, -0.2) is 18.4 Å². The first kappa shape index (κ1) is 17.6. The second-order valence-corrected chi connectivity index (χ2v) is 5.55. The molecule has 0 saturated carbocycles. The molecule has 2 rings (SSSR count). The van der Waals surface area contributed by atoms with E-state index in [0.717, 1.165) is 11.3 Å². The molecule has 1 aromatic heterocycles. The van der Waals surface area contributed by atoms with Crippen LogP contribution in [0.3, 0.4) is 0 Å². The van der Waals surface area contributed by atoms with Crippen molar-refractivity contribution in [2.24, 2.45) is 0 Å². The molecule has 2 amide bonds. The van der Waals surface area contributed by atoms with E-state index < -0.39 is 5.91 Å². The van der Waals surface area contributed by atoms with Crippen LogP contribution in [-0.2, 0) is 4.79 Å². The molecular formula is C18H22N2O4. The normalized spacial score (nSPS) is 10.3. The lowest BCUT2D eigenvalue weighted by atomic mass is 10.2. The molecule has 0 aliphatic heterocycles. The number of hydrogen-bond donors (Lipinski definition) is 2. The fourth-order valence-electron chi connectivity index (χ4n) is 2.25. The number of carbonyl (C=O) groups is 2. The van der Waals surface area contributed by atoms with E-state index >= 15 is 0 Å². The Bertz CT molecular complexity index is 722. The van der Waals surface area contributed by atoms with E-state index in [0.29, 0.717) is 30.1 Å². The van der Waals surface area contributed by atoms with Gasteiger partial charge >= 0.3 is 0 Å². The number of carbonyl (C=O) groups excluding carboxylic acids is 2. The lowest BCUT2D eigenvalue weighted by Gasteiger charge is -2.09. The number of para-hydroxylation sites is 1. The van der Waals surface area contributed by atoms with Gasteiger partial charge in [0, 0.05) is 6.42 Å². The molecule has 0 aliphatic carbocycles. The van der Waals surface area contributed by atoms with E-state index in [9.17, 15) is 9.59 Å². The van der Waals surface area contributed by atoms with Gasteiger partial charge in [0.05, 0.1) is 12.2 Å². The predicted octanol–water partition coefficient (Wildman–Crippen LogP) is 2.83. The highest BCUT2D eigenvalue weighted by Gasteiger charge is 2.13. The van der Waals surface area contributed by atoms with E-state index in [4.69, 9.17) is 9.15 Å². The lowest BCUT2D eigenvalue weighted by molar-refractivity contribution is -0.122. The van der Waals surface area contributed by atoms with Crippen molar-refractivity contribution in [3.63, 3.8) is 0 Å². The first-order chi connectivity index (χ1) is 11.5. The maximum absolute atomic E-state index is 11.9. The Labute approximate surface area is 141 Å². The van der Waals surface area contributed by atoms with Crippen LogP contribution in [0.5, 0.6) is 5.75 Å². The number of hydrazine groups is 1. The van der Waals surface area contributed by atoms with Crippen molar-refractivity contribution in [3.05, 3.63) is 53.0 Å². The molecule has 6 heteroatoms. The van der Waals surface area contributed by atoms with Crippen molar-refractivity contribution in [2.75, 3.05) is 6.61 Å². The molecule has 0 saturated heterocycles. The van der Waals surface area contributed by atoms with Gasteiger partial charge in [-0.2, -0.15) is 0 Å². The second-order valence-electron chi connectivity index (χ2n) is 5.55. The Hall–Kier alpha value is -2.76. The Kier molecular flexibility index (Phi) is 6.01. The van der Waals surface area contributed by atoms with Gasteiger partial charge < -0.3 is 9.15 Å². The third-order valence-electron chi connectivity index (χ3n) is 3.50. The largest absolute Gasteiger partial charge is 0.493 e. The van der Waals surface area contributed by atoms with E-state index in [1.54, 1.807) is 19.9 Å². The van der Waals surface area contributed by atoms with Crippen LogP contribution in [0.25, 0.3) is 0 Å². The quantitative estimate of drug-likeness (QED) is 0.630. The number of nitrogens with one attached hydrogen (secondary N) is 2.